The molecule has 2 aromatic carbocycles. The maximum absolute atomic E-state index is 12.9. The van der Waals surface area contributed by atoms with E-state index >= 15 is 0 Å². The first kappa shape index (κ1) is 15.9. The Morgan fingerprint density at radius 2 is 1.88 bits per heavy atom. The monoisotopic (exact) mass is 324 g/mol. The number of carbonyl (C=O) groups is 1. The molecular formula is C19H17FN2O2. The third-order valence-electron chi connectivity index (χ3n) is 3.61. The molecule has 4 nitrogen and oxygen atoms in total. The second kappa shape index (κ2) is 6.66. The topological polar surface area (TPSA) is 51.2 Å². The predicted molar refractivity (Wildman–Crippen MR) is 91.6 cm³/mol. The highest BCUT2D eigenvalue weighted by molar-refractivity contribution is 6.01. The molecule has 0 aliphatic heterocycles. The van der Waals surface area contributed by atoms with E-state index in [0.29, 0.717) is 11.4 Å². The third-order valence-corrected chi connectivity index (χ3v) is 3.61. The van der Waals surface area contributed by atoms with E-state index in [0.717, 1.165) is 16.6 Å². The molecule has 0 unspecified atom stereocenters. The van der Waals surface area contributed by atoms with Gasteiger partial charge in [-0.1, -0.05) is 18.2 Å². The van der Waals surface area contributed by atoms with Gasteiger partial charge >= 0.3 is 0 Å². The van der Waals surface area contributed by atoms with E-state index in [9.17, 15) is 9.18 Å². The smallest absolute Gasteiger partial charge is 0.265 e. The van der Waals surface area contributed by atoms with Gasteiger partial charge in [0.2, 0.25) is 0 Å². The lowest BCUT2D eigenvalue weighted by atomic mass is 10.1. The molecule has 1 atom stereocenters. The predicted octanol–water partition coefficient (Wildman–Crippen LogP) is 4.09. The minimum absolute atomic E-state index is 0.296. The molecule has 5 heteroatoms. The maximum atomic E-state index is 12.9. The molecule has 1 amide bonds. The van der Waals surface area contributed by atoms with Crippen molar-refractivity contribution in [2.75, 3.05) is 5.32 Å². The number of aromatic nitrogens is 1. The summed E-state index contributed by atoms with van der Waals surface area (Å²) in [7, 11) is 0. The normalized spacial score (nSPS) is 12.0. The maximum Gasteiger partial charge on any atom is 0.265 e. The second-order valence-electron chi connectivity index (χ2n) is 5.53. The number of hydrogen-bond donors (Lipinski definition) is 1. The number of carbonyl (C=O) groups excluding carboxylic acids is 1. The number of halogens is 1. The summed E-state index contributed by atoms with van der Waals surface area (Å²) < 4.78 is 18.4. The number of aryl methyl sites for hydroxylation is 1. The molecule has 0 saturated carbocycles. The van der Waals surface area contributed by atoms with Gasteiger partial charge in [-0.05, 0) is 50.2 Å². The molecule has 0 spiro atoms. The van der Waals surface area contributed by atoms with Gasteiger partial charge in [0.15, 0.2) is 6.10 Å². The van der Waals surface area contributed by atoms with Gasteiger partial charge in [-0.15, -0.1) is 0 Å². The van der Waals surface area contributed by atoms with Crippen LogP contribution in [0, 0.1) is 12.7 Å². The first-order valence-corrected chi connectivity index (χ1v) is 7.62. The number of anilines is 1. The van der Waals surface area contributed by atoms with Crippen LogP contribution in [0.15, 0.2) is 54.6 Å². The van der Waals surface area contributed by atoms with Crippen LogP contribution in [0.1, 0.15) is 12.6 Å². The fourth-order valence-electron chi connectivity index (χ4n) is 2.35. The number of pyridine rings is 1. The van der Waals surface area contributed by atoms with Gasteiger partial charge in [-0.2, -0.15) is 0 Å². The van der Waals surface area contributed by atoms with E-state index in [1.807, 2.05) is 31.2 Å². The summed E-state index contributed by atoms with van der Waals surface area (Å²) in [4.78, 5) is 16.9. The highest BCUT2D eigenvalue weighted by Gasteiger charge is 2.16. The lowest BCUT2D eigenvalue weighted by molar-refractivity contribution is -0.122. The lowest BCUT2D eigenvalue weighted by Gasteiger charge is -2.15. The van der Waals surface area contributed by atoms with Crippen LogP contribution in [0.3, 0.4) is 0 Å². The van der Waals surface area contributed by atoms with Gasteiger partial charge in [0.1, 0.15) is 11.6 Å². The molecule has 3 aromatic rings. The molecule has 0 bridgehead atoms. The molecular weight excluding hydrogens is 307 g/mol. The Morgan fingerprint density at radius 3 is 2.62 bits per heavy atom. The van der Waals surface area contributed by atoms with E-state index in [4.69, 9.17) is 4.74 Å². The second-order valence-corrected chi connectivity index (χ2v) is 5.53. The zero-order valence-corrected chi connectivity index (χ0v) is 13.4. The van der Waals surface area contributed by atoms with Crippen LogP contribution in [0.2, 0.25) is 0 Å². The summed E-state index contributed by atoms with van der Waals surface area (Å²) >= 11 is 0. The number of benzene rings is 2. The highest BCUT2D eigenvalue weighted by atomic mass is 19.1. The molecule has 122 valence electrons. The Hall–Kier alpha value is -2.95. The fourth-order valence-corrected chi connectivity index (χ4v) is 2.35. The zero-order valence-electron chi connectivity index (χ0n) is 13.4. The van der Waals surface area contributed by atoms with Crippen molar-refractivity contribution < 1.29 is 13.9 Å². The number of nitrogens with zero attached hydrogens (tertiary/aromatic N) is 1. The van der Waals surface area contributed by atoms with Gasteiger partial charge in [0.05, 0.1) is 11.2 Å². The van der Waals surface area contributed by atoms with Gasteiger partial charge < -0.3 is 10.1 Å². The Labute approximate surface area is 139 Å². The summed E-state index contributed by atoms with van der Waals surface area (Å²) in [6, 6.07) is 15.0. The van der Waals surface area contributed by atoms with Crippen molar-refractivity contribution in [2.45, 2.75) is 20.0 Å². The number of para-hydroxylation sites is 1. The Bertz CT molecular complexity index is 878. The number of amides is 1. The zero-order chi connectivity index (χ0) is 17.1. The van der Waals surface area contributed by atoms with Crippen molar-refractivity contribution >= 4 is 22.5 Å². The van der Waals surface area contributed by atoms with Crippen LogP contribution in [0.25, 0.3) is 10.9 Å². The van der Waals surface area contributed by atoms with Crippen molar-refractivity contribution in [3.8, 4) is 5.75 Å². The van der Waals surface area contributed by atoms with E-state index in [2.05, 4.69) is 10.3 Å². The van der Waals surface area contributed by atoms with E-state index in [-0.39, 0.29) is 11.7 Å². The van der Waals surface area contributed by atoms with Crippen LogP contribution in [0.4, 0.5) is 10.1 Å². The van der Waals surface area contributed by atoms with Crippen molar-refractivity contribution in [1.29, 1.82) is 0 Å². The Morgan fingerprint density at radius 1 is 1.12 bits per heavy atom. The largest absolute Gasteiger partial charge is 0.481 e. The van der Waals surface area contributed by atoms with E-state index < -0.39 is 6.10 Å². The summed E-state index contributed by atoms with van der Waals surface area (Å²) in [5.74, 6) is -0.210. The first-order chi connectivity index (χ1) is 11.5. The number of fused-ring (bicyclic) bond motifs is 1. The molecule has 0 fully saturated rings. The molecule has 3 rings (SSSR count). The first-order valence-electron chi connectivity index (χ1n) is 7.62. The molecule has 1 aromatic heterocycles. The van der Waals surface area contributed by atoms with E-state index in [1.165, 1.54) is 24.3 Å². The van der Waals surface area contributed by atoms with Crippen LogP contribution in [-0.4, -0.2) is 17.0 Å². The lowest BCUT2D eigenvalue weighted by Crippen LogP contribution is -2.30. The highest BCUT2D eigenvalue weighted by Crippen LogP contribution is 2.22. The molecule has 0 saturated heterocycles. The average Bonchev–Trinajstić information content (AvgIpc) is 2.57. The summed E-state index contributed by atoms with van der Waals surface area (Å²) in [6.07, 6.45) is -0.726. The van der Waals surface area contributed by atoms with Crippen LogP contribution < -0.4 is 10.1 Å². The van der Waals surface area contributed by atoms with Crippen molar-refractivity contribution in [1.82, 2.24) is 4.98 Å². The SMILES string of the molecule is Cc1ccc2cccc(NC(=O)[C@H](C)Oc3ccc(F)cc3)c2n1. The van der Waals surface area contributed by atoms with Crippen LogP contribution >= 0.6 is 0 Å². The standard InChI is InChI=1S/C19H17FN2O2/c1-12-6-7-14-4-3-5-17(18(14)21-12)22-19(23)13(2)24-16-10-8-15(20)9-11-16/h3-11,13H,1-2H3,(H,22,23)/t13-/m0/s1. The van der Waals surface area contributed by atoms with Gasteiger partial charge in [0.25, 0.3) is 5.91 Å². The summed E-state index contributed by atoms with van der Waals surface area (Å²) in [6.45, 7) is 3.54. The molecule has 0 aliphatic rings. The minimum Gasteiger partial charge on any atom is -0.481 e. The van der Waals surface area contributed by atoms with Crippen molar-refractivity contribution in [3.63, 3.8) is 0 Å². The molecule has 0 radical (unpaired) electrons. The average molecular weight is 324 g/mol. The summed E-state index contributed by atoms with van der Waals surface area (Å²) in [5.41, 5.74) is 2.25. The minimum atomic E-state index is -0.726. The number of hydrogen-bond acceptors (Lipinski definition) is 3. The van der Waals surface area contributed by atoms with Gasteiger partial charge in [-0.3, -0.25) is 9.78 Å². The fraction of sp³-hybridized carbons (Fsp3) is 0.158. The van der Waals surface area contributed by atoms with Crippen LogP contribution in [-0.2, 0) is 4.79 Å². The molecule has 24 heavy (non-hydrogen) atoms. The van der Waals surface area contributed by atoms with Crippen molar-refractivity contribution in [2.24, 2.45) is 0 Å². The summed E-state index contributed by atoms with van der Waals surface area (Å²) in [5, 5.41) is 3.79. The van der Waals surface area contributed by atoms with Gasteiger partial charge in [-0.25, -0.2) is 4.39 Å². The number of nitrogens with one attached hydrogen (secondary N) is 1. The molecule has 1 heterocycles. The quantitative estimate of drug-likeness (QED) is 0.786. The molecule has 1 N–H and O–H groups in total. The number of rotatable bonds is 4. The van der Waals surface area contributed by atoms with Crippen molar-refractivity contribution in [3.05, 3.63) is 66.1 Å². The molecule has 0 aliphatic carbocycles. The van der Waals surface area contributed by atoms with Crippen LogP contribution in [0.5, 0.6) is 5.75 Å². The van der Waals surface area contributed by atoms with E-state index in [1.54, 1.807) is 13.0 Å². The third kappa shape index (κ3) is 3.51. The number of ether oxygens (including phenoxy) is 1. The Balaban J connectivity index is 1.76. The Kier molecular flexibility index (Phi) is 4.42. The van der Waals surface area contributed by atoms with Gasteiger partial charge in [0, 0.05) is 11.1 Å².